The number of imidazole rings is 1. The first-order valence-electron chi connectivity index (χ1n) is 9.64. The molecule has 3 aromatic rings. The highest BCUT2D eigenvalue weighted by Crippen LogP contribution is 2.31. The molecular weight excluding hydrogens is 438 g/mol. The third-order valence-electron chi connectivity index (χ3n) is 5.01. The largest absolute Gasteiger partial charge is 0.453 e. The highest BCUT2D eigenvalue weighted by atomic mass is 32.2. The maximum atomic E-state index is 11.7. The van der Waals surface area contributed by atoms with Crippen molar-refractivity contribution in [3.8, 4) is 0 Å². The Kier molecular flexibility index (Phi) is 6.08. The Hall–Kier alpha value is -2.76. The van der Waals surface area contributed by atoms with Crippen LogP contribution in [0, 0.1) is 0 Å². The number of anilines is 2. The van der Waals surface area contributed by atoms with E-state index in [0.29, 0.717) is 32.1 Å². The van der Waals surface area contributed by atoms with Crippen molar-refractivity contribution < 1.29 is 17.9 Å². The van der Waals surface area contributed by atoms with Crippen LogP contribution in [0.15, 0.2) is 52.3 Å². The predicted molar refractivity (Wildman–Crippen MR) is 121 cm³/mol. The summed E-state index contributed by atoms with van der Waals surface area (Å²) in [7, 11) is -1.83. The number of amides is 1. The number of ether oxygens (including phenoxy) is 1. The van der Waals surface area contributed by atoms with Gasteiger partial charge in [0.25, 0.3) is 0 Å². The van der Waals surface area contributed by atoms with Crippen molar-refractivity contribution in [1.82, 2.24) is 14.3 Å². The van der Waals surface area contributed by atoms with E-state index in [4.69, 9.17) is 0 Å². The summed E-state index contributed by atoms with van der Waals surface area (Å²) in [6.07, 6.45) is 0.678. The van der Waals surface area contributed by atoms with Crippen LogP contribution in [0.3, 0.4) is 0 Å². The van der Waals surface area contributed by atoms with Gasteiger partial charge in [0.05, 0.1) is 24.4 Å². The van der Waals surface area contributed by atoms with Crippen molar-refractivity contribution in [1.29, 1.82) is 0 Å². The fraction of sp³-hybridized carbons (Fsp3) is 0.300. The molecule has 31 heavy (non-hydrogen) atoms. The first kappa shape index (κ1) is 21.5. The number of carbonyl (C=O) groups is 1. The van der Waals surface area contributed by atoms with E-state index < -0.39 is 16.1 Å². The second-order valence-electron chi connectivity index (χ2n) is 7.13. The number of rotatable bonds is 5. The minimum Gasteiger partial charge on any atom is -0.453 e. The third kappa shape index (κ3) is 5.12. The minimum atomic E-state index is -3.13. The van der Waals surface area contributed by atoms with Crippen molar-refractivity contribution >= 4 is 50.5 Å². The topological polar surface area (TPSA) is 108 Å². The van der Waals surface area contributed by atoms with Gasteiger partial charge in [0.15, 0.2) is 0 Å². The Balaban J connectivity index is 1.41. The second kappa shape index (κ2) is 8.77. The first-order chi connectivity index (χ1) is 14.8. The van der Waals surface area contributed by atoms with Gasteiger partial charge in [0.2, 0.25) is 16.0 Å². The van der Waals surface area contributed by atoms with Crippen LogP contribution >= 0.6 is 11.8 Å². The van der Waals surface area contributed by atoms with Crippen LogP contribution < -0.4 is 10.2 Å². The summed E-state index contributed by atoms with van der Waals surface area (Å²) in [6, 6.07) is 14.1. The Morgan fingerprint density at radius 1 is 1.10 bits per heavy atom. The van der Waals surface area contributed by atoms with Gasteiger partial charge in [-0.2, -0.15) is 4.31 Å². The molecule has 1 amide bonds. The number of nitrogens with one attached hydrogen (secondary N) is 2. The van der Waals surface area contributed by atoms with Crippen LogP contribution in [0.1, 0.15) is 0 Å². The number of methoxy groups -OCH3 is 1. The van der Waals surface area contributed by atoms with Gasteiger partial charge in [-0.25, -0.2) is 18.2 Å². The van der Waals surface area contributed by atoms with Crippen molar-refractivity contribution in [2.75, 3.05) is 49.8 Å². The van der Waals surface area contributed by atoms with Gasteiger partial charge in [-0.1, -0.05) is 11.8 Å². The average molecular weight is 462 g/mol. The lowest BCUT2D eigenvalue weighted by Crippen LogP contribution is -2.48. The number of aromatic nitrogens is 2. The monoisotopic (exact) mass is 461 g/mol. The Labute approximate surface area is 184 Å². The molecule has 0 unspecified atom stereocenters. The Morgan fingerprint density at radius 2 is 1.77 bits per heavy atom. The van der Waals surface area contributed by atoms with Gasteiger partial charge in [-0.15, -0.1) is 0 Å². The molecule has 0 bridgehead atoms. The van der Waals surface area contributed by atoms with Crippen LogP contribution in [-0.4, -0.2) is 68.3 Å². The number of nitrogens with zero attached hydrogens (tertiary/aromatic N) is 3. The highest BCUT2D eigenvalue weighted by Gasteiger charge is 2.23. The molecule has 1 aromatic heterocycles. The zero-order valence-corrected chi connectivity index (χ0v) is 18.8. The van der Waals surface area contributed by atoms with E-state index in [2.05, 4.69) is 49.2 Å². The molecule has 0 saturated carbocycles. The average Bonchev–Trinajstić information content (AvgIpc) is 3.15. The molecule has 0 radical (unpaired) electrons. The molecule has 1 saturated heterocycles. The SMILES string of the molecule is COC(=O)Nc1nc2cc(Sc3ccc(N4CCN(S(C)(=O)=O)CC4)cc3)ccc2[nH]1. The van der Waals surface area contributed by atoms with Crippen molar-refractivity contribution in [2.24, 2.45) is 0 Å². The molecular formula is C20H23N5O4S2. The maximum Gasteiger partial charge on any atom is 0.413 e. The zero-order valence-electron chi connectivity index (χ0n) is 17.2. The Bertz CT molecular complexity index is 1190. The van der Waals surface area contributed by atoms with E-state index >= 15 is 0 Å². The van der Waals surface area contributed by atoms with E-state index in [1.807, 2.05) is 18.2 Å². The smallest absolute Gasteiger partial charge is 0.413 e. The molecule has 2 aromatic carbocycles. The fourth-order valence-electron chi connectivity index (χ4n) is 3.40. The number of hydrogen-bond acceptors (Lipinski definition) is 7. The number of hydrogen-bond donors (Lipinski definition) is 2. The van der Waals surface area contributed by atoms with Gasteiger partial charge in [0.1, 0.15) is 0 Å². The quantitative estimate of drug-likeness (QED) is 0.601. The van der Waals surface area contributed by atoms with Crippen LogP contribution in [0.25, 0.3) is 11.0 Å². The summed E-state index contributed by atoms with van der Waals surface area (Å²) >= 11 is 1.62. The molecule has 4 rings (SSSR count). The molecule has 0 aliphatic carbocycles. The summed E-state index contributed by atoms with van der Waals surface area (Å²) in [4.78, 5) is 23.0. The van der Waals surface area contributed by atoms with E-state index in [1.54, 1.807) is 11.8 Å². The van der Waals surface area contributed by atoms with Crippen molar-refractivity contribution in [3.63, 3.8) is 0 Å². The lowest BCUT2D eigenvalue weighted by molar-refractivity contribution is 0.186. The second-order valence-corrected chi connectivity index (χ2v) is 10.3. The summed E-state index contributed by atoms with van der Waals surface area (Å²) in [5.41, 5.74) is 2.65. The van der Waals surface area contributed by atoms with Gasteiger partial charge < -0.3 is 14.6 Å². The molecule has 164 valence electrons. The van der Waals surface area contributed by atoms with Gasteiger partial charge in [-0.05, 0) is 42.5 Å². The fourth-order valence-corrected chi connectivity index (χ4v) is 5.07. The molecule has 2 N–H and O–H groups in total. The predicted octanol–water partition coefficient (Wildman–Crippen LogP) is 2.97. The summed E-state index contributed by atoms with van der Waals surface area (Å²) in [5, 5.41) is 2.52. The molecule has 0 atom stereocenters. The number of sulfonamides is 1. The number of aromatic amines is 1. The zero-order chi connectivity index (χ0) is 22.0. The number of benzene rings is 2. The number of fused-ring (bicyclic) bond motifs is 1. The van der Waals surface area contributed by atoms with Crippen LogP contribution in [0.2, 0.25) is 0 Å². The van der Waals surface area contributed by atoms with Gasteiger partial charge in [0, 0.05) is 41.7 Å². The van der Waals surface area contributed by atoms with E-state index in [0.717, 1.165) is 26.5 Å². The summed E-state index contributed by atoms with van der Waals surface area (Å²) < 4.78 is 29.4. The van der Waals surface area contributed by atoms with Crippen molar-refractivity contribution in [3.05, 3.63) is 42.5 Å². The van der Waals surface area contributed by atoms with E-state index in [-0.39, 0.29) is 0 Å². The lowest BCUT2D eigenvalue weighted by atomic mass is 10.2. The minimum absolute atomic E-state index is 0.337. The van der Waals surface area contributed by atoms with Crippen LogP contribution in [-0.2, 0) is 14.8 Å². The number of piperazine rings is 1. The van der Waals surface area contributed by atoms with E-state index in [1.165, 1.54) is 17.7 Å². The van der Waals surface area contributed by atoms with Crippen LogP contribution in [0.4, 0.5) is 16.4 Å². The summed E-state index contributed by atoms with van der Waals surface area (Å²) in [5.74, 6) is 0.337. The molecule has 11 heteroatoms. The summed E-state index contributed by atoms with van der Waals surface area (Å²) in [6.45, 7) is 2.37. The number of carbonyl (C=O) groups excluding carboxylic acids is 1. The van der Waals surface area contributed by atoms with Crippen LogP contribution in [0.5, 0.6) is 0 Å². The molecule has 1 aliphatic heterocycles. The third-order valence-corrected chi connectivity index (χ3v) is 7.31. The normalized spacial score (nSPS) is 15.2. The highest BCUT2D eigenvalue weighted by molar-refractivity contribution is 7.99. The lowest BCUT2D eigenvalue weighted by Gasteiger charge is -2.34. The maximum absolute atomic E-state index is 11.7. The molecule has 1 aliphatic rings. The molecule has 0 spiro atoms. The Morgan fingerprint density at radius 3 is 2.42 bits per heavy atom. The molecule has 2 heterocycles. The number of H-pyrrole nitrogens is 1. The molecule has 9 nitrogen and oxygen atoms in total. The van der Waals surface area contributed by atoms with Gasteiger partial charge in [-0.3, -0.25) is 5.32 Å². The molecule has 1 fully saturated rings. The van der Waals surface area contributed by atoms with Gasteiger partial charge >= 0.3 is 6.09 Å². The first-order valence-corrected chi connectivity index (χ1v) is 12.3. The van der Waals surface area contributed by atoms with E-state index in [9.17, 15) is 13.2 Å². The van der Waals surface area contributed by atoms with Crippen molar-refractivity contribution in [2.45, 2.75) is 9.79 Å². The standard InChI is InChI=1S/C20H23N5O4S2/c1-29-20(26)23-19-21-17-8-7-16(13-18(17)22-19)30-15-5-3-14(4-6-15)24-9-11-25(12-10-24)31(2,27)28/h3-8,13H,9-12H2,1-2H3,(H2,21,22,23,26).